The van der Waals surface area contributed by atoms with Crippen molar-refractivity contribution in [2.45, 2.75) is 36.1 Å². The minimum atomic E-state index is -3.80. The number of nitrogens with two attached hydrogens (primary N) is 1. The number of anilines is 3. The normalized spacial score (nSPS) is 13.9. The molecular weight excluding hydrogens is 590 g/mol. The number of rotatable bonds is 11. The molecule has 5 rings (SSSR count). The molecule has 1 atom stereocenters. The molecule has 4 aromatic carbocycles. The highest BCUT2D eigenvalue weighted by Gasteiger charge is 2.41. The lowest BCUT2D eigenvalue weighted by atomic mass is 9.90. The monoisotopic (exact) mass is 627 g/mol. The molecule has 4 N–H and O–H groups in total. The molecule has 1 aliphatic rings. The SMILES string of the molecule is CC(C)C[C@@H](C(=O)Nc1ccc(S(=O)(=O)c2ccc(N)cc2)cc1)N1C(=O)c2cccc3c(NCCN(C)C)ccc(c23)C1=O. The first-order chi connectivity index (χ1) is 21.4. The Kier molecular flexibility index (Phi) is 8.94. The molecule has 0 unspecified atom stereocenters. The van der Waals surface area contributed by atoms with Gasteiger partial charge in [-0.1, -0.05) is 26.0 Å². The molecule has 10 nitrogen and oxygen atoms in total. The second kappa shape index (κ2) is 12.7. The molecule has 0 bridgehead atoms. The van der Waals surface area contributed by atoms with Gasteiger partial charge < -0.3 is 21.3 Å². The fourth-order valence-electron chi connectivity index (χ4n) is 5.47. The van der Waals surface area contributed by atoms with Crippen molar-refractivity contribution in [3.05, 3.63) is 90.0 Å². The van der Waals surface area contributed by atoms with E-state index in [2.05, 4.69) is 15.5 Å². The lowest BCUT2D eigenvalue weighted by Gasteiger charge is -2.34. The summed E-state index contributed by atoms with van der Waals surface area (Å²) in [5, 5.41) is 7.53. The summed E-state index contributed by atoms with van der Waals surface area (Å²) in [6.07, 6.45) is 0.238. The molecule has 1 aliphatic heterocycles. The minimum absolute atomic E-state index is 0.0192. The summed E-state index contributed by atoms with van der Waals surface area (Å²) in [5.41, 5.74) is 8.01. The average molecular weight is 628 g/mol. The zero-order chi connectivity index (χ0) is 32.5. The van der Waals surface area contributed by atoms with E-state index in [1.807, 2.05) is 40.1 Å². The van der Waals surface area contributed by atoms with Crippen LogP contribution in [0.2, 0.25) is 0 Å². The smallest absolute Gasteiger partial charge is 0.262 e. The van der Waals surface area contributed by atoms with E-state index in [1.165, 1.54) is 48.5 Å². The van der Waals surface area contributed by atoms with E-state index in [0.29, 0.717) is 34.4 Å². The molecule has 0 spiro atoms. The van der Waals surface area contributed by atoms with Gasteiger partial charge in [0.05, 0.1) is 9.79 Å². The van der Waals surface area contributed by atoms with Gasteiger partial charge in [0.15, 0.2) is 0 Å². The van der Waals surface area contributed by atoms with E-state index >= 15 is 0 Å². The average Bonchev–Trinajstić information content (AvgIpc) is 3.00. The van der Waals surface area contributed by atoms with Crippen molar-refractivity contribution in [2.75, 3.05) is 43.6 Å². The number of carbonyl (C=O) groups is 3. The van der Waals surface area contributed by atoms with Crippen molar-refractivity contribution in [1.82, 2.24) is 9.80 Å². The van der Waals surface area contributed by atoms with Gasteiger partial charge in [0.2, 0.25) is 15.7 Å². The maximum absolute atomic E-state index is 13.9. The Morgan fingerprint density at radius 1 is 0.867 bits per heavy atom. The zero-order valence-corrected chi connectivity index (χ0v) is 26.5. The maximum atomic E-state index is 13.9. The number of likely N-dealkylation sites (N-methyl/N-ethyl adjacent to an activating group) is 1. The molecule has 1 heterocycles. The van der Waals surface area contributed by atoms with Crippen LogP contribution in [0.5, 0.6) is 0 Å². The van der Waals surface area contributed by atoms with E-state index in [1.54, 1.807) is 18.2 Å². The Morgan fingerprint density at radius 2 is 1.47 bits per heavy atom. The van der Waals surface area contributed by atoms with Gasteiger partial charge in [0, 0.05) is 52.1 Å². The fraction of sp³-hybridized carbons (Fsp3) is 0.265. The maximum Gasteiger partial charge on any atom is 0.262 e. The van der Waals surface area contributed by atoms with E-state index in [-0.39, 0.29) is 22.1 Å². The Labute approximate surface area is 263 Å². The van der Waals surface area contributed by atoms with E-state index < -0.39 is 33.6 Å². The molecule has 0 radical (unpaired) electrons. The van der Waals surface area contributed by atoms with Crippen LogP contribution in [-0.4, -0.2) is 69.2 Å². The number of nitrogens with one attached hydrogen (secondary N) is 2. The summed E-state index contributed by atoms with van der Waals surface area (Å²) in [6.45, 7) is 5.32. The first-order valence-corrected chi connectivity index (χ1v) is 16.2. The molecule has 0 aromatic heterocycles. The van der Waals surface area contributed by atoms with Crippen LogP contribution >= 0.6 is 0 Å². The summed E-state index contributed by atoms with van der Waals surface area (Å²) < 4.78 is 26.1. The van der Waals surface area contributed by atoms with Crippen molar-refractivity contribution in [3.8, 4) is 0 Å². The Balaban J connectivity index is 1.42. The van der Waals surface area contributed by atoms with Gasteiger partial charge in [-0.3, -0.25) is 19.3 Å². The summed E-state index contributed by atoms with van der Waals surface area (Å²) in [4.78, 5) is 44.9. The van der Waals surface area contributed by atoms with Gasteiger partial charge in [-0.2, -0.15) is 0 Å². The first kappa shape index (κ1) is 31.7. The van der Waals surface area contributed by atoms with E-state index in [0.717, 1.165) is 22.5 Å². The number of sulfone groups is 1. The number of benzene rings is 4. The number of carbonyl (C=O) groups excluding carboxylic acids is 3. The molecule has 0 aliphatic carbocycles. The Bertz CT molecular complexity index is 1850. The predicted molar refractivity (Wildman–Crippen MR) is 176 cm³/mol. The number of hydrogen-bond donors (Lipinski definition) is 3. The van der Waals surface area contributed by atoms with Gasteiger partial charge in [-0.25, -0.2) is 8.42 Å². The van der Waals surface area contributed by atoms with Gasteiger partial charge in [0.25, 0.3) is 11.8 Å². The molecule has 234 valence electrons. The molecule has 4 aromatic rings. The van der Waals surface area contributed by atoms with E-state index in [4.69, 9.17) is 5.73 Å². The molecule has 11 heteroatoms. The Morgan fingerprint density at radius 3 is 2.07 bits per heavy atom. The lowest BCUT2D eigenvalue weighted by Crippen LogP contribution is -2.52. The number of amides is 3. The quantitative estimate of drug-likeness (QED) is 0.158. The largest absolute Gasteiger partial charge is 0.399 e. The highest BCUT2D eigenvalue weighted by atomic mass is 32.2. The molecular formula is C34H37N5O5S. The van der Waals surface area contributed by atoms with Crippen molar-refractivity contribution in [1.29, 1.82) is 0 Å². The second-order valence-corrected chi connectivity index (χ2v) is 13.8. The van der Waals surface area contributed by atoms with Gasteiger partial charge in [-0.15, -0.1) is 0 Å². The van der Waals surface area contributed by atoms with Crippen LogP contribution in [-0.2, 0) is 14.6 Å². The minimum Gasteiger partial charge on any atom is -0.399 e. The van der Waals surface area contributed by atoms with Crippen LogP contribution in [0.1, 0.15) is 41.0 Å². The van der Waals surface area contributed by atoms with Crippen LogP contribution in [0, 0.1) is 5.92 Å². The van der Waals surface area contributed by atoms with Gasteiger partial charge in [-0.05, 0) is 93.2 Å². The molecule has 3 amide bonds. The highest BCUT2D eigenvalue weighted by Crippen LogP contribution is 2.36. The first-order valence-electron chi connectivity index (χ1n) is 14.7. The van der Waals surface area contributed by atoms with Crippen molar-refractivity contribution in [2.24, 2.45) is 5.92 Å². The third kappa shape index (κ3) is 6.40. The van der Waals surface area contributed by atoms with Crippen LogP contribution in [0.15, 0.2) is 88.7 Å². The fourth-order valence-corrected chi connectivity index (χ4v) is 6.73. The topological polar surface area (TPSA) is 142 Å². The van der Waals surface area contributed by atoms with Crippen LogP contribution in [0.25, 0.3) is 10.8 Å². The van der Waals surface area contributed by atoms with Crippen molar-refractivity contribution >= 4 is 55.4 Å². The molecule has 0 saturated carbocycles. The van der Waals surface area contributed by atoms with Gasteiger partial charge >= 0.3 is 0 Å². The zero-order valence-electron chi connectivity index (χ0n) is 25.7. The predicted octanol–water partition coefficient (Wildman–Crippen LogP) is 4.88. The standard InChI is InChI=1S/C34H37N5O5S/c1-21(2)20-30(32(40)37-23-10-14-25(15-11-23)45(43,44)24-12-8-22(35)9-13-24)39-33(41)27-7-5-6-26-29(36-18-19-38(3)4)17-16-28(31(26)27)34(39)42/h5-17,21,30,36H,18-20,35H2,1-4H3,(H,37,40)/t30-/m0/s1. The summed E-state index contributed by atoms with van der Waals surface area (Å²) in [7, 11) is 0.171. The number of hydrogen-bond acceptors (Lipinski definition) is 8. The highest BCUT2D eigenvalue weighted by molar-refractivity contribution is 7.91. The number of imide groups is 1. The summed E-state index contributed by atoms with van der Waals surface area (Å²) in [5.74, 6) is -1.63. The molecule has 0 saturated heterocycles. The Hall–Kier alpha value is -4.74. The molecule has 0 fully saturated rings. The summed E-state index contributed by atoms with van der Waals surface area (Å²) in [6, 6.07) is 19.5. The van der Waals surface area contributed by atoms with Crippen LogP contribution in [0.3, 0.4) is 0 Å². The van der Waals surface area contributed by atoms with E-state index in [9.17, 15) is 22.8 Å². The number of nitrogens with zero attached hydrogens (tertiary/aromatic N) is 2. The van der Waals surface area contributed by atoms with Gasteiger partial charge in [0.1, 0.15) is 6.04 Å². The van der Waals surface area contributed by atoms with Crippen molar-refractivity contribution < 1.29 is 22.8 Å². The van der Waals surface area contributed by atoms with Crippen LogP contribution in [0.4, 0.5) is 17.1 Å². The van der Waals surface area contributed by atoms with Crippen LogP contribution < -0.4 is 16.4 Å². The number of nitrogen functional groups attached to an aromatic ring is 1. The van der Waals surface area contributed by atoms with Crippen molar-refractivity contribution in [3.63, 3.8) is 0 Å². The third-order valence-electron chi connectivity index (χ3n) is 7.75. The lowest BCUT2D eigenvalue weighted by molar-refractivity contribution is -0.120. The third-order valence-corrected chi connectivity index (χ3v) is 9.53. The summed E-state index contributed by atoms with van der Waals surface area (Å²) >= 11 is 0. The second-order valence-electron chi connectivity index (χ2n) is 11.8. The molecule has 45 heavy (non-hydrogen) atoms.